The number of anilines is 1. The Kier molecular flexibility index (Phi) is 6.01. The lowest BCUT2D eigenvalue weighted by Gasteiger charge is -2.12. The predicted octanol–water partition coefficient (Wildman–Crippen LogP) is 3.48. The molecule has 0 fully saturated rings. The van der Waals surface area contributed by atoms with Crippen molar-refractivity contribution in [2.24, 2.45) is 0 Å². The van der Waals surface area contributed by atoms with Crippen LogP contribution in [-0.2, 0) is 20.0 Å². The van der Waals surface area contributed by atoms with E-state index in [0.717, 1.165) is 0 Å². The molecular formula is C15H16Cl2N2O4S2. The highest BCUT2D eigenvalue weighted by atomic mass is 35.5. The summed E-state index contributed by atoms with van der Waals surface area (Å²) in [7, 11) is -7.62. The van der Waals surface area contributed by atoms with E-state index in [0.29, 0.717) is 0 Å². The summed E-state index contributed by atoms with van der Waals surface area (Å²) in [6.45, 7) is 3.41. The molecule has 0 atom stereocenters. The smallest absolute Gasteiger partial charge is 0.263 e. The molecule has 0 bridgehead atoms. The van der Waals surface area contributed by atoms with E-state index in [9.17, 15) is 16.8 Å². The van der Waals surface area contributed by atoms with Gasteiger partial charge in [-0.1, -0.05) is 29.3 Å². The Bertz CT molecular complexity index is 973. The van der Waals surface area contributed by atoms with Gasteiger partial charge in [-0.15, -0.1) is 0 Å². The van der Waals surface area contributed by atoms with Crippen LogP contribution in [-0.4, -0.2) is 22.9 Å². The molecule has 0 unspecified atom stereocenters. The van der Waals surface area contributed by atoms with Crippen LogP contribution in [0.15, 0.2) is 52.3 Å². The van der Waals surface area contributed by atoms with Gasteiger partial charge in [0, 0.05) is 11.7 Å². The summed E-state index contributed by atoms with van der Waals surface area (Å²) in [6, 6.07) is 9.33. The first-order chi connectivity index (χ1) is 11.5. The van der Waals surface area contributed by atoms with Gasteiger partial charge in [0.15, 0.2) is 0 Å². The topological polar surface area (TPSA) is 92.3 Å². The maximum Gasteiger partial charge on any atom is 0.263 e. The minimum Gasteiger partial charge on any atom is -0.280 e. The Balaban J connectivity index is 2.28. The van der Waals surface area contributed by atoms with Gasteiger partial charge in [-0.2, -0.15) is 0 Å². The molecule has 10 heteroatoms. The fourth-order valence-electron chi connectivity index (χ4n) is 1.98. The molecule has 2 aromatic rings. The molecular weight excluding hydrogens is 407 g/mol. The van der Waals surface area contributed by atoms with Crippen molar-refractivity contribution < 1.29 is 16.8 Å². The van der Waals surface area contributed by atoms with Crippen molar-refractivity contribution in [2.45, 2.75) is 29.7 Å². The van der Waals surface area contributed by atoms with Crippen LogP contribution in [0.2, 0.25) is 10.0 Å². The van der Waals surface area contributed by atoms with Gasteiger partial charge in [0.2, 0.25) is 10.0 Å². The van der Waals surface area contributed by atoms with E-state index in [-0.39, 0.29) is 31.6 Å². The highest BCUT2D eigenvalue weighted by molar-refractivity contribution is 7.92. The van der Waals surface area contributed by atoms with Gasteiger partial charge in [-0.05, 0) is 50.2 Å². The Morgan fingerprint density at radius 3 is 2.04 bits per heavy atom. The van der Waals surface area contributed by atoms with Crippen molar-refractivity contribution in [3.63, 3.8) is 0 Å². The zero-order valence-corrected chi connectivity index (χ0v) is 16.5. The second-order valence-corrected chi connectivity index (χ2v) is 9.61. The first-order valence-electron chi connectivity index (χ1n) is 7.12. The third-order valence-electron chi connectivity index (χ3n) is 3.01. The van der Waals surface area contributed by atoms with Crippen LogP contribution in [0.25, 0.3) is 0 Å². The summed E-state index contributed by atoms with van der Waals surface area (Å²) >= 11 is 11.8. The van der Waals surface area contributed by atoms with Crippen LogP contribution in [0, 0.1) is 0 Å². The van der Waals surface area contributed by atoms with E-state index in [1.807, 2.05) is 0 Å². The lowest BCUT2D eigenvalue weighted by Crippen LogP contribution is -2.30. The summed E-state index contributed by atoms with van der Waals surface area (Å²) in [6.07, 6.45) is 0. The molecule has 2 rings (SSSR count). The van der Waals surface area contributed by atoms with Crippen LogP contribution >= 0.6 is 23.2 Å². The number of sulfonamides is 2. The normalized spacial score (nSPS) is 12.4. The zero-order valence-electron chi connectivity index (χ0n) is 13.3. The first kappa shape index (κ1) is 20.0. The number of halogens is 2. The number of hydrogen-bond acceptors (Lipinski definition) is 4. The Morgan fingerprint density at radius 1 is 0.880 bits per heavy atom. The van der Waals surface area contributed by atoms with Crippen LogP contribution < -0.4 is 9.44 Å². The van der Waals surface area contributed by atoms with E-state index >= 15 is 0 Å². The molecule has 0 aliphatic heterocycles. The van der Waals surface area contributed by atoms with Crippen molar-refractivity contribution in [3.8, 4) is 0 Å². The molecule has 136 valence electrons. The Hall–Kier alpha value is -1.32. The highest BCUT2D eigenvalue weighted by Gasteiger charge is 2.20. The second-order valence-electron chi connectivity index (χ2n) is 5.46. The fourth-order valence-corrected chi connectivity index (χ4v) is 5.05. The summed E-state index contributed by atoms with van der Waals surface area (Å²) in [5.41, 5.74) is 0.194. The van der Waals surface area contributed by atoms with E-state index in [1.165, 1.54) is 42.5 Å². The molecule has 0 saturated carbocycles. The third kappa shape index (κ3) is 4.86. The Labute approximate surface area is 157 Å². The van der Waals surface area contributed by atoms with Crippen molar-refractivity contribution in [2.75, 3.05) is 4.72 Å². The molecule has 25 heavy (non-hydrogen) atoms. The lowest BCUT2D eigenvalue weighted by atomic mass is 10.3. The van der Waals surface area contributed by atoms with E-state index in [4.69, 9.17) is 23.2 Å². The van der Waals surface area contributed by atoms with Crippen LogP contribution in [0.1, 0.15) is 13.8 Å². The summed E-state index contributed by atoms with van der Waals surface area (Å²) in [4.78, 5) is -0.134. The summed E-state index contributed by atoms with van der Waals surface area (Å²) in [5, 5.41) is 0.0303. The SMILES string of the molecule is CC(C)NS(=O)(=O)c1ccc(NS(=O)(=O)c2cccc(Cl)c2Cl)cc1. The van der Waals surface area contributed by atoms with Gasteiger partial charge in [0.25, 0.3) is 10.0 Å². The monoisotopic (exact) mass is 422 g/mol. The summed E-state index contributed by atoms with van der Waals surface area (Å²) in [5.74, 6) is 0. The molecule has 6 nitrogen and oxygen atoms in total. The molecule has 0 aliphatic carbocycles. The third-order valence-corrected chi connectivity index (χ3v) is 7.04. The maximum absolute atomic E-state index is 12.4. The predicted molar refractivity (Wildman–Crippen MR) is 99.2 cm³/mol. The van der Waals surface area contributed by atoms with Gasteiger partial charge >= 0.3 is 0 Å². The molecule has 0 spiro atoms. The minimum atomic E-state index is -3.97. The molecule has 0 saturated heterocycles. The highest BCUT2D eigenvalue weighted by Crippen LogP contribution is 2.30. The largest absolute Gasteiger partial charge is 0.280 e. The van der Waals surface area contributed by atoms with Crippen molar-refractivity contribution in [3.05, 3.63) is 52.5 Å². The average Bonchev–Trinajstić information content (AvgIpc) is 2.48. The number of hydrogen-bond donors (Lipinski definition) is 2. The molecule has 0 amide bonds. The fraction of sp³-hybridized carbons (Fsp3) is 0.200. The number of benzene rings is 2. The number of nitrogens with one attached hydrogen (secondary N) is 2. The van der Waals surface area contributed by atoms with Crippen LogP contribution in [0.3, 0.4) is 0 Å². The maximum atomic E-state index is 12.4. The van der Waals surface area contributed by atoms with E-state index in [2.05, 4.69) is 9.44 Å². The van der Waals surface area contributed by atoms with Gasteiger partial charge in [-0.3, -0.25) is 4.72 Å². The molecule has 0 aliphatic rings. The molecule has 0 aromatic heterocycles. The summed E-state index contributed by atoms with van der Waals surface area (Å²) < 4.78 is 53.7. The molecule has 0 radical (unpaired) electrons. The van der Waals surface area contributed by atoms with E-state index in [1.54, 1.807) is 13.8 Å². The van der Waals surface area contributed by atoms with Gasteiger partial charge in [0.05, 0.1) is 14.9 Å². The van der Waals surface area contributed by atoms with E-state index < -0.39 is 20.0 Å². The molecule has 2 N–H and O–H groups in total. The van der Waals surface area contributed by atoms with Crippen LogP contribution in [0.5, 0.6) is 0 Å². The van der Waals surface area contributed by atoms with Crippen molar-refractivity contribution in [1.29, 1.82) is 0 Å². The van der Waals surface area contributed by atoms with Crippen LogP contribution in [0.4, 0.5) is 5.69 Å². The van der Waals surface area contributed by atoms with Gasteiger partial charge in [0.1, 0.15) is 4.90 Å². The quantitative estimate of drug-likeness (QED) is 0.744. The van der Waals surface area contributed by atoms with Crippen molar-refractivity contribution >= 4 is 48.9 Å². The van der Waals surface area contributed by atoms with Gasteiger partial charge in [-0.25, -0.2) is 21.6 Å². The van der Waals surface area contributed by atoms with Crippen molar-refractivity contribution in [1.82, 2.24) is 4.72 Å². The Morgan fingerprint density at radius 2 is 1.48 bits per heavy atom. The molecule has 0 heterocycles. The average molecular weight is 423 g/mol. The first-order valence-corrected chi connectivity index (χ1v) is 10.8. The lowest BCUT2D eigenvalue weighted by molar-refractivity contribution is 0.570. The zero-order chi connectivity index (χ0) is 18.8. The standard InChI is InChI=1S/C15H16Cl2N2O4S2/c1-10(2)18-24(20,21)12-8-6-11(7-9-12)19-25(22,23)14-5-3-4-13(16)15(14)17/h3-10,18-19H,1-2H3. The second kappa shape index (κ2) is 7.51. The molecule has 2 aromatic carbocycles. The van der Waals surface area contributed by atoms with Gasteiger partial charge < -0.3 is 0 Å². The number of rotatable bonds is 6. The minimum absolute atomic E-state index is 0.0323.